The van der Waals surface area contributed by atoms with E-state index in [1.54, 1.807) is 30.3 Å². The first-order valence-corrected chi connectivity index (χ1v) is 8.92. The number of benzene rings is 2. The van der Waals surface area contributed by atoms with Gasteiger partial charge < -0.3 is 5.32 Å². The molecule has 0 unspecified atom stereocenters. The molecular weight excluding hydrogens is 359 g/mol. The second-order valence-corrected chi connectivity index (χ2v) is 7.27. The molecule has 0 saturated carbocycles. The van der Waals surface area contributed by atoms with Gasteiger partial charge in [0.1, 0.15) is 0 Å². The third-order valence-corrected chi connectivity index (χ3v) is 4.57. The van der Waals surface area contributed by atoms with Crippen LogP contribution >= 0.6 is 23.2 Å². The molecule has 0 aliphatic carbocycles. The lowest BCUT2D eigenvalue weighted by molar-refractivity contribution is -0.116. The maximum atomic E-state index is 11.9. The Morgan fingerprint density at radius 2 is 1.74 bits per heavy atom. The van der Waals surface area contributed by atoms with Crippen molar-refractivity contribution in [1.82, 2.24) is 0 Å². The molecule has 2 aromatic carbocycles. The fraction of sp³-hybridized carbons (Fsp3) is 0.133. The molecule has 23 heavy (non-hydrogen) atoms. The van der Waals surface area contributed by atoms with Gasteiger partial charge in [-0.3, -0.25) is 4.79 Å². The van der Waals surface area contributed by atoms with Gasteiger partial charge in [-0.25, -0.2) is 13.6 Å². The van der Waals surface area contributed by atoms with Crippen LogP contribution in [0.1, 0.15) is 12.0 Å². The molecule has 0 fully saturated rings. The minimum atomic E-state index is -3.70. The molecule has 122 valence electrons. The maximum Gasteiger partial charge on any atom is 0.238 e. The SMILES string of the molecule is NS(=O)(=O)c1ccc(CCC(=O)Nc2ccc(Cl)cc2Cl)cc1. The van der Waals surface area contributed by atoms with Crippen LogP contribution in [0.3, 0.4) is 0 Å². The fourth-order valence-electron chi connectivity index (χ4n) is 1.91. The monoisotopic (exact) mass is 372 g/mol. The predicted octanol–water partition coefficient (Wildman–Crippen LogP) is 3.21. The van der Waals surface area contributed by atoms with Crippen LogP contribution in [0.2, 0.25) is 10.0 Å². The second kappa shape index (κ2) is 7.31. The average molecular weight is 373 g/mol. The molecule has 8 heteroatoms. The average Bonchev–Trinajstić information content (AvgIpc) is 2.47. The Bertz CT molecular complexity index is 821. The number of nitrogens with two attached hydrogens (primary N) is 1. The number of halogens is 2. The smallest absolute Gasteiger partial charge is 0.238 e. The van der Waals surface area contributed by atoms with Gasteiger partial charge in [-0.05, 0) is 42.3 Å². The van der Waals surface area contributed by atoms with Crippen LogP contribution in [0, 0.1) is 0 Å². The van der Waals surface area contributed by atoms with Crippen LogP contribution in [0.5, 0.6) is 0 Å². The Morgan fingerprint density at radius 3 is 2.30 bits per heavy atom. The summed E-state index contributed by atoms with van der Waals surface area (Å²) in [4.78, 5) is 12.0. The van der Waals surface area contributed by atoms with E-state index >= 15 is 0 Å². The third kappa shape index (κ3) is 5.21. The lowest BCUT2D eigenvalue weighted by atomic mass is 10.1. The van der Waals surface area contributed by atoms with E-state index in [1.807, 2.05) is 0 Å². The van der Waals surface area contributed by atoms with E-state index in [4.69, 9.17) is 28.3 Å². The van der Waals surface area contributed by atoms with E-state index in [0.29, 0.717) is 22.2 Å². The molecule has 0 aromatic heterocycles. The molecule has 0 heterocycles. The van der Waals surface area contributed by atoms with Crippen molar-refractivity contribution in [3.63, 3.8) is 0 Å². The first-order chi connectivity index (χ1) is 10.8. The zero-order valence-corrected chi connectivity index (χ0v) is 14.3. The van der Waals surface area contributed by atoms with Gasteiger partial charge in [0.2, 0.25) is 15.9 Å². The molecule has 0 aliphatic heterocycles. The standard InChI is InChI=1S/C15H14Cl2N2O3S/c16-11-4-7-14(13(17)9-11)19-15(20)8-3-10-1-5-12(6-2-10)23(18,21)22/h1-2,4-7,9H,3,8H2,(H,19,20)(H2,18,21,22). The summed E-state index contributed by atoms with van der Waals surface area (Å²) >= 11 is 11.8. The van der Waals surface area contributed by atoms with Crippen molar-refractivity contribution < 1.29 is 13.2 Å². The molecule has 0 saturated heterocycles. The summed E-state index contributed by atoms with van der Waals surface area (Å²) < 4.78 is 22.3. The number of rotatable bonds is 5. The second-order valence-electron chi connectivity index (χ2n) is 4.86. The first-order valence-electron chi connectivity index (χ1n) is 6.62. The Morgan fingerprint density at radius 1 is 1.09 bits per heavy atom. The molecule has 2 aromatic rings. The van der Waals surface area contributed by atoms with Gasteiger partial charge in [0.15, 0.2) is 0 Å². The van der Waals surface area contributed by atoms with Gasteiger partial charge in [0.05, 0.1) is 15.6 Å². The predicted molar refractivity (Wildman–Crippen MR) is 91.2 cm³/mol. The topological polar surface area (TPSA) is 89.3 Å². The molecule has 0 bridgehead atoms. The molecule has 0 radical (unpaired) electrons. The highest BCUT2D eigenvalue weighted by atomic mass is 35.5. The number of sulfonamides is 1. The third-order valence-electron chi connectivity index (χ3n) is 3.10. The highest BCUT2D eigenvalue weighted by Gasteiger charge is 2.09. The number of anilines is 1. The molecule has 3 N–H and O–H groups in total. The van der Waals surface area contributed by atoms with Crippen LogP contribution in [0.25, 0.3) is 0 Å². The summed E-state index contributed by atoms with van der Waals surface area (Å²) in [5.41, 5.74) is 1.32. The van der Waals surface area contributed by atoms with Crippen molar-refractivity contribution in [1.29, 1.82) is 0 Å². The van der Waals surface area contributed by atoms with Gasteiger partial charge in [-0.2, -0.15) is 0 Å². The summed E-state index contributed by atoms with van der Waals surface area (Å²) in [6.07, 6.45) is 0.690. The van der Waals surface area contributed by atoms with Gasteiger partial charge in [0, 0.05) is 11.4 Å². The van der Waals surface area contributed by atoms with Crippen molar-refractivity contribution in [2.75, 3.05) is 5.32 Å². The van der Waals surface area contributed by atoms with E-state index in [1.165, 1.54) is 12.1 Å². The summed E-state index contributed by atoms with van der Waals surface area (Å²) in [6, 6.07) is 10.9. The van der Waals surface area contributed by atoms with E-state index < -0.39 is 10.0 Å². The number of hydrogen-bond acceptors (Lipinski definition) is 3. The van der Waals surface area contributed by atoms with Crippen molar-refractivity contribution in [2.45, 2.75) is 17.7 Å². The number of aryl methyl sites for hydroxylation is 1. The number of amides is 1. The molecule has 5 nitrogen and oxygen atoms in total. The van der Waals surface area contributed by atoms with E-state index in [9.17, 15) is 13.2 Å². The van der Waals surface area contributed by atoms with Crippen molar-refractivity contribution >= 4 is 44.8 Å². The molecule has 0 aliphatic rings. The van der Waals surface area contributed by atoms with Gasteiger partial charge in [-0.15, -0.1) is 0 Å². The van der Waals surface area contributed by atoms with Crippen molar-refractivity contribution in [3.8, 4) is 0 Å². The molecular formula is C15H14Cl2N2O3S. The number of hydrogen-bond donors (Lipinski definition) is 2. The van der Waals surface area contributed by atoms with Crippen molar-refractivity contribution in [3.05, 3.63) is 58.1 Å². The Balaban J connectivity index is 1.94. The normalized spacial score (nSPS) is 11.3. The number of carbonyl (C=O) groups is 1. The highest BCUT2D eigenvalue weighted by molar-refractivity contribution is 7.89. The zero-order chi connectivity index (χ0) is 17.0. The van der Waals surface area contributed by atoms with Gasteiger partial charge in [0.25, 0.3) is 0 Å². The minimum absolute atomic E-state index is 0.0404. The van der Waals surface area contributed by atoms with E-state index in [2.05, 4.69) is 5.32 Å². The van der Waals surface area contributed by atoms with Crippen LogP contribution in [0.15, 0.2) is 47.4 Å². The summed E-state index contributed by atoms with van der Waals surface area (Å²) in [6.45, 7) is 0. The summed E-state index contributed by atoms with van der Waals surface area (Å²) in [7, 11) is -3.70. The van der Waals surface area contributed by atoms with Gasteiger partial charge in [-0.1, -0.05) is 35.3 Å². The molecule has 2 rings (SSSR count). The Hall–Kier alpha value is -1.60. The van der Waals surface area contributed by atoms with Crippen LogP contribution in [-0.4, -0.2) is 14.3 Å². The summed E-state index contributed by atoms with van der Waals surface area (Å²) in [5, 5.41) is 8.58. The lowest BCUT2D eigenvalue weighted by Gasteiger charge is -2.08. The molecule has 0 atom stereocenters. The molecule has 1 amide bonds. The van der Waals surface area contributed by atoms with E-state index in [0.717, 1.165) is 5.56 Å². The largest absolute Gasteiger partial charge is 0.325 e. The highest BCUT2D eigenvalue weighted by Crippen LogP contribution is 2.25. The first kappa shape index (κ1) is 17.7. The number of primary sulfonamides is 1. The molecule has 0 spiro atoms. The quantitative estimate of drug-likeness (QED) is 0.843. The zero-order valence-electron chi connectivity index (χ0n) is 11.9. The van der Waals surface area contributed by atoms with Gasteiger partial charge >= 0.3 is 0 Å². The minimum Gasteiger partial charge on any atom is -0.325 e. The van der Waals surface area contributed by atoms with Crippen LogP contribution in [0.4, 0.5) is 5.69 Å². The van der Waals surface area contributed by atoms with E-state index in [-0.39, 0.29) is 17.2 Å². The van der Waals surface area contributed by atoms with Crippen LogP contribution < -0.4 is 10.5 Å². The fourth-order valence-corrected chi connectivity index (χ4v) is 2.88. The van der Waals surface area contributed by atoms with Crippen LogP contribution in [-0.2, 0) is 21.2 Å². The number of carbonyl (C=O) groups excluding carboxylic acids is 1. The summed E-state index contributed by atoms with van der Waals surface area (Å²) in [5.74, 6) is -0.204. The van der Waals surface area contributed by atoms with Crippen molar-refractivity contribution in [2.24, 2.45) is 5.14 Å². The Kier molecular flexibility index (Phi) is 5.64. The number of nitrogens with one attached hydrogen (secondary N) is 1. The lowest BCUT2D eigenvalue weighted by Crippen LogP contribution is -2.13. The maximum absolute atomic E-state index is 11.9. The Labute approximate surface area is 144 Å².